The Kier molecular flexibility index (Phi) is 9.77. The standard InChI is InChI=1S/C22H37N5O2/c1-4-24-22(26-15-18(3)29-20-10-5-8-17(2)14-20)25-11-7-13-27-12-6-9-19(16-27)21(23)28/h5,8,10,14,18-19H,4,6-7,9,11-13,15-16H2,1-3H3,(H2,23,28)(H2,24,25,26). The summed E-state index contributed by atoms with van der Waals surface area (Å²) in [7, 11) is 0. The average molecular weight is 404 g/mol. The van der Waals surface area contributed by atoms with Gasteiger partial charge in [-0.1, -0.05) is 12.1 Å². The minimum Gasteiger partial charge on any atom is -0.489 e. The molecule has 0 spiro atoms. The van der Waals surface area contributed by atoms with Crippen LogP contribution in [0.4, 0.5) is 0 Å². The summed E-state index contributed by atoms with van der Waals surface area (Å²) in [6.45, 7) is 11.2. The Hall–Kier alpha value is -2.28. The summed E-state index contributed by atoms with van der Waals surface area (Å²) < 4.78 is 5.95. The number of aryl methyl sites for hydroxylation is 1. The summed E-state index contributed by atoms with van der Waals surface area (Å²) in [6, 6.07) is 8.06. The summed E-state index contributed by atoms with van der Waals surface area (Å²) in [5, 5.41) is 6.67. The van der Waals surface area contributed by atoms with E-state index in [4.69, 9.17) is 10.5 Å². The maximum Gasteiger partial charge on any atom is 0.221 e. The van der Waals surface area contributed by atoms with Crippen molar-refractivity contribution in [3.05, 3.63) is 29.8 Å². The zero-order chi connectivity index (χ0) is 21.1. The SMILES string of the molecule is CCNC(=NCC(C)Oc1cccc(C)c1)NCCCN1CCCC(C(N)=O)C1. The zero-order valence-electron chi connectivity index (χ0n) is 18.1. The number of ether oxygens (including phenoxy) is 1. The van der Waals surface area contributed by atoms with Crippen LogP contribution in [-0.4, -0.2) is 62.1 Å². The van der Waals surface area contributed by atoms with Crippen molar-refractivity contribution in [2.45, 2.75) is 46.1 Å². The molecule has 1 aromatic rings. The number of carbonyl (C=O) groups excluding carboxylic acids is 1. The number of nitrogens with two attached hydrogens (primary N) is 1. The van der Waals surface area contributed by atoms with Gasteiger partial charge in [-0.25, -0.2) is 4.99 Å². The van der Waals surface area contributed by atoms with Gasteiger partial charge in [-0.05, 0) is 70.8 Å². The van der Waals surface area contributed by atoms with Gasteiger partial charge in [0.25, 0.3) is 0 Å². The van der Waals surface area contributed by atoms with Gasteiger partial charge in [0, 0.05) is 19.6 Å². The Morgan fingerprint density at radius 3 is 2.97 bits per heavy atom. The van der Waals surface area contributed by atoms with Crippen LogP contribution in [0, 0.1) is 12.8 Å². The molecule has 1 amide bonds. The van der Waals surface area contributed by atoms with Crippen LogP contribution >= 0.6 is 0 Å². The maximum absolute atomic E-state index is 11.4. The number of amides is 1. The molecule has 2 atom stereocenters. The van der Waals surface area contributed by atoms with Crippen molar-refractivity contribution in [3.63, 3.8) is 0 Å². The Bertz CT molecular complexity index is 664. The first-order valence-electron chi connectivity index (χ1n) is 10.7. The molecule has 0 aliphatic carbocycles. The third-order valence-corrected chi connectivity index (χ3v) is 5.03. The van der Waals surface area contributed by atoms with E-state index in [0.29, 0.717) is 6.54 Å². The molecule has 0 aromatic heterocycles. The van der Waals surface area contributed by atoms with Gasteiger partial charge in [0.2, 0.25) is 5.91 Å². The van der Waals surface area contributed by atoms with E-state index in [-0.39, 0.29) is 17.9 Å². The highest BCUT2D eigenvalue weighted by atomic mass is 16.5. The smallest absolute Gasteiger partial charge is 0.221 e. The third-order valence-electron chi connectivity index (χ3n) is 5.03. The zero-order valence-corrected chi connectivity index (χ0v) is 18.1. The number of likely N-dealkylation sites (tertiary alicyclic amines) is 1. The lowest BCUT2D eigenvalue weighted by Gasteiger charge is -2.31. The molecule has 0 bridgehead atoms. The van der Waals surface area contributed by atoms with Crippen LogP contribution in [0.1, 0.15) is 38.7 Å². The second kappa shape index (κ2) is 12.3. The van der Waals surface area contributed by atoms with Crippen LogP contribution in [0.3, 0.4) is 0 Å². The van der Waals surface area contributed by atoms with Gasteiger partial charge in [0.05, 0.1) is 12.5 Å². The number of rotatable bonds is 10. The maximum atomic E-state index is 11.4. The number of hydrogen-bond donors (Lipinski definition) is 3. The molecule has 162 valence electrons. The molecule has 0 radical (unpaired) electrons. The first kappa shape index (κ1) is 23.0. The van der Waals surface area contributed by atoms with Crippen LogP contribution in [0.15, 0.2) is 29.3 Å². The fraction of sp³-hybridized carbons (Fsp3) is 0.636. The first-order valence-corrected chi connectivity index (χ1v) is 10.7. The number of benzene rings is 1. The lowest BCUT2D eigenvalue weighted by atomic mass is 9.97. The van der Waals surface area contributed by atoms with Crippen LogP contribution in [-0.2, 0) is 4.79 Å². The summed E-state index contributed by atoms with van der Waals surface area (Å²) in [4.78, 5) is 18.4. The molecular weight excluding hydrogens is 366 g/mol. The van der Waals surface area contributed by atoms with Crippen molar-refractivity contribution in [1.29, 1.82) is 0 Å². The van der Waals surface area contributed by atoms with Gasteiger partial charge in [-0.2, -0.15) is 0 Å². The van der Waals surface area contributed by atoms with E-state index in [0.717, 1.165) is 63.7 Å². The molecule has 2 rings (SSSR count). The van der Waals surface area contributed by atoms with E-state index in [9.17, 15) is 4.79 Å². The quantitative estimate of drug-likeness (QED) is 0.315. The Balaban J connectivity index is 1.72. The van der Waals surface area contributed by atoms with Crippen molar-refractivity contribution in [3.8, 4) is 5.75 Å². The molecule has 1 aliphatic heterocycles. The minimum absolute atomic E-state index is 0.00507. The van der Waals surface area contributed by atoms with Gasteiger partial charge in [-0.15, -0.1) is 0 Å². The van der Waals surface area contributed by atoms with Gasteiger partial charge in [-0.3, -0.25) is 4.79 Å². The number of carbonyl (C=O) groups is 1. The van der Waals surface area contributed by atoms with E-state index in [2.05, 4.69) is 40.4 Å². The molecular formula is C22H37N5O2. The van der Waals surface area contributed by atoms with Crippen molar-refractivity contribution < 1.29 is 9.53 Å². The molecule has 7 heteroatoms. The third kappa shape index (κ3) is 8.73. The van der Waals surface area contributed by atoms with E-state index in [1.165, 1.54) is 5.56 Å². The fourth-order valence-electron chi connectivity index (χ4n) is 3.52. The molecule has 1 fully saturated rings. The summed E-state index contributed by atoms with van der Waals surface area (Å²) in [6.07, 6.45) is 2.95. The van der Waals surface area contributed by atoms with Gasteiger partial charge < -0.3 is 26.0 Å². The second-order valence-corrected chi connectivity index (χ2v) is 7.79. The predicted octanol–water partition coefficient (Wildman–Crippen LogP) is 1.90. The fourth-order valence-corrected chi connectivity index (χ4v) is 3.52. The lowest BCUT2D eigenvalue weighted by Crippen LogP contribution is -2.43. The summed E-state index contributed by atoms with van der Waals surface area (Å²) in [5.74, 6) is 1.52. The van der Waals surface area contributed by atoms with Gasteiger partial charge >= 0.3 is 0 Å². The average Bonchev–Trinajstić information content (AvgIpc) is 2.69. The summed E-state index contributed by atoms with van der Waals surface area (Å²) in [5.41, 5.74) is 6.64. The number of hydrogen-bond acceptors (Lipinski definition) is 4. The highest BCUT2D eigenvalue weighted by Crippen LogP contribution is 2.16. The molecule has 29 heavy (non-hydrogen) atoms. The molecule has 1 saturated heterocycles. The Labute approximate surface area is 175 Å². The van der Waals surface area contributed by atoms with Gasteiger partial charge in [0.15, 0.2) is 5.96 Å². The van der Waals surface area contributed by atoms with Gasteiger partial charge in [0.1, 0.15) is 11.9 Å². The van der Waals surface area contributed by atoms with E-state index >= 15 is 0 Å². The first-order chi connectivity index (χ1) is 14.0. The number of nitrogens with zero attached hydrogens (tertiary/aromatic N) is 2. The normalized spacial score (nSPS) is 18.9. The number of primary amides is 1. The Morgan fingerprint density at radius 1 is 1.41 bits per heavy atom. The number of aliphatic imine (C=N–C) groups is 1. The topological polar surface area (TPSA) is 92.0 Å². The molecule has 1 aliphatic rings. The monoisotopic (exact) mass is 403 g/mol. The highest BCUT2D eigenvalue weighted by molar-refractivity contribution is 5.79. The number of piperidine rings is 1. The number of guanidine groups is 1. The summed E-state index contributed by atoms with van der Waals surface area (Å²) >= 11 is 0. The van der Waals surface area contributed by atoms with E-state index in [1.807, 2.05) is 25.1 Å². The second-order valence-electron chi connectivity index (χ2n) is 7.79. The molecule has 4 N–H and O–H groups in total. The predicted molar refractivity (Wildman–Crippen MR) is 118 cm³/mol. The van der Waals surface area contributed by atoms with Crippen molar-refractivity contribution >= 4 is 11.9 Å². The van der Waals surface area contributed by atoms with Crippen LogP contribution < -0.4 is 21.1 Å². The van der Waals surface area contributed by atoms with Crippen molar-refractivity contribution in [1.82, 2.24) is 15.5 Å². The van der Waals surface area contributed by atoms with E-state index < -0.39 is 0 Å². The van der Waals surface area contributed by atoms with Crippen LogP contribution in [0.2, 0.25) is 0 Å². The molecule has 1 heterocycles. The molecule has 0 saturated carbocycles. The molecule has 7 nitrogen and oxygen atoms in total. The highest BCUT2D eigenvalue weighted by Gasteiger charge is 2.23. The van der Waals surface area contributed by atoms with E-state index in [1.54, 1.807) is 0 Å². The largest absolute Gasteiger partial charge is 0.489 e. The van der Waals surface area contributed by atoms with Crippen molar-refractivity contribution in [2.24, 2.45) is 16.6 Å². The number of nitrogens with one attached hydrogen (secondary N) is 2. The minimum atomic E-state index is -0.170. The van der Waals surface area contributed by atoms with Crippen LogP contribution in [0.5, 0.6) is 5.75 Å². The Morgan fingerprint density at radius 2 is 2.24 bits per heavy atom. The van der Waals surface area contributed by atoms with Crippen molar-refractivity contribution in [2.75, 3.05) is 39.3 Å². The molecule has 2 unspecified atom stereocenters. The molecule has 1 aromatic carbocycles. The lowest BCUT2D eigenvalue weighted by molar-refractivity contribution is -0.123. The van der Waals surface area contributed by atoms with Crippen LogP contribution in [0.25, 0.3) is 0 Å².